The molecular weight excluding hydrogens is 372 g/mol. The Morgan fingerprint density at radius 3 is 2.89 bits per heavy atom. The largest absolute Gasteiger partial charge is 0.497 e. The molecule has 0 saturated heterocycles. The lowest BCUT2D eigenvalue weighted by Gasteiger charge is -1.97. The molecule has 4 rings (SSSR count). The molecule has 6 heteroatoms. The Kier molecular flexibility index (Phi) is 5.21. The van der Waals surface area contributed by atoms with E-state index >= 15 is 0 Å². The molecule has 0 spiro atoms. The number of nitrogens with zero attached hydrogens (tertiary/aromatic N) is 1. The molecule has 2 aromatic carbocycles. The number of anilines is 1. The Bertz CT molecular complexity index is 1130. The van der Waals surface area contributed by atoms with Crippen molar-refractivity contribution in [2.75, 3.05) is 12.4 Å². The minimum Gasteiger partial charge on any atom is -0.497 e. The fourth-order valence-corrected chi connectivity index (χ4v) is 3.65. The third-order valence-electron chi connectivity index (χ3n) is 4.15. The van der Waals surface area contributed by atoms with Gasteiger partial charge in [-0.2, -0.15) is 0 Å². The van der Waals surface area contributed by atoms with Crippen LogP contribution in [0.15, 0.2) is 71.3 Å². The minimum absolute atomic E-state index is 0.251. The van der Waals surface area contributed by atoms with Crippen molar-refractivity contribution in [2.45, 2.75) is 6.42 Å². The fraction of sp³-hybridized carbons (Fsp3) is 0.0909. The van der Waals surface area contributed by atoms with Crippen molar-refractivity contribution >= 4 is 39.4 Å². The number of carbonyl (C=O) groups excluding carboxylic acids is 1. The zero-order chi connectivity index (χ0) is 19.3. The lowest BCUT2D eigenvalue weighted by Crippen LogP contribution is -2.06. The summed E-state index contributed by atoms with van der Waals surface area (Å²) < 4.78 is 10.9. The van der Waals surface area contributed by atoms with Crippen molar-refractivity contribution in [3.05, 3.63) is 83.1 Å². The zero-order valence-electron chi connectivity index (χ0n) is 15.2. The maximum Gasteiger partial charge on any atom is 0.250 e. The Balaban J connectivity index is 1.39. The molecule has 4 aromatic rings. The SMILES string of the molecule is COc1ccc2oc(C=CC(=O)Nc3ncc(Cc4ccccc4)s3)cc2c1. The lowest BCUT2D eigenvalue weighted by atomic mass is 10.1. The predicted octanol–water partition coefficient (Wildman–Crippen LogP) is 5.14. The molecule has 140 valence electrons. The van der Waals surface area contributed by atoms with E-state index in [-0.39, 0.29) is 5.91 Å². The number of amides is 1. The number of methoxy groups -OCH3 is 1. The summed E-state index contributed by atoms with van der Waals surface area (Å²) >= 11 is 1.47. The summed E-state index contributed by atoms with van der Waals surface area (Å²) in [5, 5.41) is 4.29. The van der Waals surface area contributed by atoms with Gasteiger partial charge in [-0.15, -0.1) is 11.3 Å². The summed E-state index contributed by atoms with van der Waals surface area (Å²) in [7, 11) is 1.62. The number of ether oxygens (including phenoxy) is 1. The fourth-order valence-electron chi connectivity index (χ4n) is 2.80. The van der Waals surface area contributed by atoms with Crippen LogP contribution in [0, 0.1) is 0 Å². The molecule has 2 heterocycles. The molecule has 0 unspecified atom stereocenters. The third kappa shape index (κ3) is 4.29. The molecule has 0 aliphatic rings. The van der Waals surface area contributed by atoms with E-state index in [9.17, 15) is 4.79 Å². The standard InChI is InChI=1S/C22H18N2O3S/c1-26-17-7-9-20-16(12-17)13-18(27-20)8-10-21(25)24-22-23-14-19(28-22)11-15-5-3-2-4-6-15/h2-10,12-14H,11H2,1H3,(H,23,24,25). The summed E-state index contributed by atoms with van der Waals surface area (Å²) in [6.45, 7) is 0. The molecule has 0 fully saturated rings. The Morgan fingerprint density at radius 1 is 1.21 bits per heavy atom. The highest BCUT2D eigenvalue weighted by atomic mass is 32.1. The van der Waals surface area contributed by atoms with Crippen molar-refractivity contribution in [3.63, 3.8) is 0 Å². The van der Waals surface area contributed by atoms with Crippen LogP contribution in [0.3, 0.4) is 0 Å². The van der Waals surface area contributed by atoms with Crippen LogP contribution >= 0.6 is 11.3 Å². The first-order valence-corrected chi connectivity index (χ1v) is 9.56. The minimum atomic E-state index is -0.251. The van der Waals surface area contributed by atoms with E-state index in [1.54, 1.807) is 19.4 Å². The molecule has 0 radical (unpaired) electrons. The average Bonchev–Trinajstić information content (AvgIpc) is 3.32. The summed E-state index contributed by atoms with van der Waals surface area (Å²) in [5.41, 5.74) is 1.96. The molecule has 1 amide bonds. The van der Waals surface area contributed by atoms with E-state index in [1.165, 1.54) is 23.0 Å². The molecule has 0 saturated carbocycles. The van der Waals surface area contributed by atoms with Gasteiger partial charge in [0, 0.05) is 29.0 Å². The molecule has 1 N–H and O–H groups in total. The second-order valence-corrected chi connectivity index (χ2v) is 7.28. The zero-order valence-corrected chi connectivity index (χ0v) is 16.0. The number of carbonyl (C=O) groups is 1. The number of furan rings is 1. The van der Waals surface area contributed by atoms with Gasteiger partial charge in [0.2, 0.25) is 5.91 Å². The first kappa shape index (κ1) is 18.0. The van der Waals surface area contributed by atoms with Crippen molar-refractivity contribution in [1.29, 1.82) is 0 Å². The number of hydrogen-bond donors (Lipinski definition) is 1. The molecule has 0 aliphatic carbocycles. The Labute approximate surface area is 166 Å². The average molecular weight is 390 g/mol. The third-order valence-corrected chi connectivity index (χ3v) is 5.06. The first-order chi connectivity index (χ1) is 13.7. The van der Waals surface area contributed by atoms with Gasteiger partial charge in [-0.25, -0.2) is 4.98 Å². The Morgan fingerprint density at radius 2 is 2.07 bits per heavy atom. The van der Waals surface area contributed by atoms with Crippen LogP contribution in [-0.2, 0) is 11.2 Å². The van der Waals surface area contributed by atoms with Crippen LogP contribution in [0.1, 0.15) is 16.2 Å². The van der Waals surface area contributed by atoms with E-state index in [4.69, 9.17) is 9.15 Å². The molecule has 0 bridgehead atoms. The van der Waals surface area contributed by atoms with Crippen LogP contribution in [0.5, 0.6) is 5.75 Å². The van der Waals surface area contributed by atoms with Crippen LogP contribution < -0.4 is 10.1 Å². The van der Waals surface area contributed by atoms with Gasteiger partial charge in [0.1, 0.15) is 17.1 Å². The van der Waals surface area contributed by atoms with Crippen LogP contribution in [-0.4, -0.2) is 18.0 Å². The van der Waals surface area contributed by atoms with Crippen molar-refractivity contribution in [3.8, 4) is 5.75 Å². The van der Waals surface area contributed by atoms with E-state index in [1.807, 2.05) is 42.5 Å². The van der Waals surface area contributed by atoms with E-state index < -0.39 is 0 Å². The molecular formula is C22H18N2O3S. The van der Waals surface area contributed by atoms with Crippen molar-refractivity contribution < 1.29 is 13.9 Å². The summed E-state index contributed by atoms with van der Waals surface area (Å²) in [6, 6.07) is 17.6. The smallest absolute Gasteiger partial charge is 0.250 e. The quantitative estimate of drug-likeness (QED) is 0.463. The van der Waals surface area contributed by atoms with Gasteiger partial charge in [0.25, 0.3) is 0 Å². The van der Waals surface area contributed by atoms with Crippen LogP contribution in [0.2, 0.25) is 0 Å². The molecule has 28 heavy (non-hydrogen) atoms. The first-order valence-electron chi connectivity index (χ1n) is 8.75. The summed E-state index contributed by atoms with van der Waals surface area (Å²) in [6.07, 6.45) is 5.67. The normalized spacial score (nSPS) is 11.2. The van der Waals surface area contributed by atoms with Crippen LogP contribution in [0.4, 0.5) is 5.13 Å². The van der Waals surface area contributed by atoms with E-state index in [2.05, 4.69) is 22.4 Å². The van der Waals surface area contributed by atoms with E-state index in [0.717, 1.165) is 28.0 Å². The summed E-state index contributed by atoms with van der Waals surface area (Å²) in [4.78, 5) is 17.5. The topological polar surface area (TPSA) is 64.4 Å². The van der Waals surface area contributed by atoms with Gasteiger partial charge in [0.15, 0.2) is 5.13 Å². The number of nitrogens with one attached hydrogen (secondary N) is 1. The predicted molar refractivity (Wildman–Crippen MR) is 112 cm³/mol. The molecule has 0 aliphatic heterocycles. The lowest BCUT2D eigenvalue weighted by molar-refractivity contribution is -0.111. The maximum absolute atomic E-state index is 12.2. The number of aromatic nitrogens is 1. The van der Waals surface area contributed by atoms with Gasteiger partial charge in [-0.05, 0) is 35.9 Å². The number of rotatable bonds is 6. The van der Waals surface area contributed by atoms with Crippen molar-refractivity contribution in [1.82, 2.24) is 4.98 Å². The monoisotopic (exact) mass is 390 g/mol. The summed E-state index contributed by atoms with van der Waals surface area (Å²) in [5.74, 6) is 1.11. The Hall–Kier alpha value is -3.38. The van der Waals surface area contributed by atoms with Gasteiger partial charge in [-0.3, -0.25) is 10.1 Å². The second-order valence-electron chi connectivity index (χ2n) is 6.17. The van der Waals surface area contributed by atoms with Crippen LogP contribution in [0.25, 0.3) is 17.0 Å². The molecule has 5 nitrogen and oxygen atoms in total. The molecule has 2 aromatic heterocycles. The van der Waals surface area contributed by atoms with Gasteiger partial charge < -0.3 is 9.15 Å². The maximum atomic E-state index is 12.2. The van der Waals surface area contributed by atoms with Gasteiger partial charge in [0.05, 0.1) is 7.11 Å². The van der Waals surface area contributed by atoms with Gasteiger partial charge >= 0.3 is 0 Å². The van der Waals surface area contributed by atoms with E-state index in [0.29, 0.717) is 10.9 Å². The highest BCUT2D eigenvalue weighted by Crippen LogP contribution is 2.25. The highest BCUT2D eigenvalue weighted by molar-refractivity contribution is 7.15. The molecule has 0 atom stereocenters. The van der Waals surface area contributed by atoms with Gasteiger partial charge in [-0.1, -0.05) is 30.3 Å². The number of benzene rings is 2. The highest BCUT2D eigenvalue weighted by Gasteiger charge is 2.07. The number of hydrogen-bond acceptors (Lipinski definition) is 5. The number of fused-ring (bicyclic) bond motifs is 1. The number of thiazole rings is 1. The van der Waals surface area contributed by atoms with Crippen molar-refractivity contribution in [2.24, 2.45) is 0 Å². The second kappa shape index (κ2) is 8.10.